The molecule has 1 aromatic heterocycles. The fourth-order valence-electron chi connectivity index (χ4n) is 2.34. The molecule has 2 rings (SSSR count). The van der Waals surface area contributed by atoms with Crippen LogP contribution in [0.2, 0.25) is 0 Å². The third-order valence-electron chi connectivity index (χ3n) is 3.23. The third kappa shape index (κ3) is 3.67. The fourth-order valence-corrected chi connectivity index (χ4v) is 4.30. The third-order valence-corrected chi connectivity index (χ3v) is 5.54. The summed E-state index contributed by atoms with van der Waals surface area (Å²) in [6.45, 7) is 3.10. The zero-order chi connectivity index (χ0) is 14.8. The minimum Gasteiger partial charge on any atom is -0.312 e. The second kappa shape index (κ2) is 6.36. The maximum atomic E-state index is 12.4. The predicted octanol–water partition coefficient (Wildman–Crippen LogP) is 1.01. The zero-order valence-electron chi connectivity index (χ0n) is 11.3. The van der Waals surface area contributed by atoms with E-state index in [0.29, 0.717) is 23.3 Å². The molecule has 112 valence electrons. The molecule has 8 heteroatoms. The van der Waals surface area contributed by atoms with E-state index in [4.69, 9.17) is 0 Å². The van der Waals surface area contributed by atoms with Gasteiger partial charge in [-0.25, -0.2) is 8.42 Å². The standard InChI is InChI=1S/C12H18BrN3O3S/c1-2-4-16-12(10(13)7-15-16)11(17)6-9-8-20(18,19)5-3-14-9/h7,9,14H,2-6,8H2,1H3. The number of hydrogen-bond donors (Lipinski definition) is 1. The lowest BCUT2D eigenvalue weighted by atomic mass is 10.1. The van der Waals surface area contributed by atoms with Gasteiger partial charge in [-0.05, 0) is 22.4 Å². The van der Waals surface area contributed by atoms with Gasteiger partial charge in [0.25, 0.3) is 0 Å². The van der Waals surface area contributed by atoms with Crippen molar-refractivity contribution in [3.63, 3.8) is 0 Å². The minimum absolute atomic E-state index is 0.0261. The first-order chi connectivity index (χ1) is 9.43. The number of aryl methyl sites for hydroxylation is 1. The van der Waals surface area contributed by atoms with E-state index in [9.17, 15) is 13.2 Å². The van der Waals surface area contributed by atoms with E-state index in [2.05, 4.69) is 26.3 Å². The number of nitrogens with zero attached hydrogens (tertiary/aromatic N) is 2. The molecule has 1 saturated heterocycles. The van der Waals surface area contributed by atoms with Crippen LogP contribution in [0.5, 0.6) is 0 Å². The molecule has 2 heterocycles. The number of Topliss-reactive ketones (excluding diaryl/α,β-unsaturated/α-hetero) is 1. The highest BCUT2D eigenvalue weighted by molar-refractivity contribution is 9.10. The van der Waals surface area contributed by atoms with Crippen molar-refractivity contribution in [3.8, 4) is 0 Å². The Morgan fingerprint density at radius 1 is 1.60 bits per heavy atom. The van der Waals surface area contributed by atoms with E-state index in [1.807, 2.05) is 6.92 Å². The Kier molecular flexibility index (Phi) is 4.98. The van der Waals surface area contributed by atoms with E-state index in [1.165, 1.54) is 0 Å². The summed E-state index contributed by atoms with van der Waals surface area (Å²) in [6.07, 6.45) is 2.66. The molecule has 0 amide bonds. The first kappa shape index (κ1) is 15.7. The molecule has 1 fully saturated rings. The van der Waals surface area contributed by atoms with Crippen LogP contribution in [0.1, 0.15) is 30.3 Å². The van der Waals surface area contributed by atoms with E-state index < -0.39 is 9.84 Å². The molecular weight excluding hydrogens is 346 g/mol. The SMILES string of the molecule is CCCn1ncc(Br)c1C(=O)CC1CS(=O)(=O)CCN1. The highest BCUT2D eigenvalue weighted by atomic mass is 79.9. The van der Waals surface area contributed by atoms with Crippen molar-refractivity contribution >= 4 is 31.6 Å². The molecule has 0 aliphatic carbocycles. The molecule has 1 atom stereocenters. The summed E-state index contributed by atoms with van der Waals surface area (Å²) in [4.78, 5) is 12.4. The summed E-state index contributed by atoms with van der Waals surface area (Å²) in [5.41, 5.74) is 0.525. The number of hydrogen-bond acceptors (Lipinski definition) is 5. The molecule has 1 unspecified atom stereocenters. The molecule has 1 aromatic rings. The number of halogens is 1. The average molecular weight is 364 g/mol. The molecule has 0 saturated carbocycles. The molecule has 0 aromatic carbocycles. The van der Waals surface area contributed by atoms with Gasteiger partial charge in [0.15, 0.2) is 15.6 Å². The van der Waals surface area contributed by atoms with Gasteiger partial charge >= 0.3 is 0 Å². The minimum atomic E-state index is -3.03. The summed E-state index contributed by atoms with van der Waals surface area (Å²) in [5.74, 6) is 0.0883. The lowest BCUT2D eigenvalue weighted by Gasteiger charge is -2.23. The van der Waals surface area contributed by atoms with Gasteiger partial charge in [-0.3, -0.25) is 9.48 Å². The number of carbonyl (C=O) groups excluding carboxylic acids is 1. The average Bonchev–Trinajstić information content (AvgIpc) is 2.69. The summed E-state index contributed by atoms with van der Waals surface area (Å²) in [5, 5.41) is 7.25. The van der Waals surface area contributed by atoms with E-state index in [-0.39, 0.29) is 29.8 Å². The number of nitrogens with one attached hydrogen (secondary N) is 1. The Hall–Kier alpha value is -0.730. The number of carbonyl (C=O) groups is 1. The summed E-state index contributed by atoms with van der Waals surface area (Å²) in [6, 6.07) is -0.307. The van der Waals surface area contributed by atoms with Crippen LogP contribution in [0.3, 0.4) is 0 Å². The summed E-state index contributed by atoms with van der Waals surface area (Å²) >= 11 is 3.33. The number of ketones is 1. The Bertz CT molecular complexity index is 597. The van der Waals surface area contributed by atoms with Crippen molar-refractivity contribution in [1.29, 1.82) is 0 Å². The molecule has 0 bridgehead atoms. The van der Waals surface area contributed by atoms with Gasteiger partial charge in [0, 0.05) is 25.6 Å². The number of sulfone groups is 1. The van der Waals surface area contributed by atoms with Gasteiger partial charge in [0.1, 0.15) is 5.69 Å². The molecule has 1 aliphatic heterocycles. The maximum absolute atomic E-state index is 12.4. The van der Waals surface area contributed by atoms with Gasteiger partial charge in [-0.1, -0.05) is 6.92 Å². The molecule has 6 nitrogen and oxygen atoms in total. The number of aromatic nitrogens is 2. The highest BCUT2D eigenvalue weighted by Gasteiger charge is 2.28. The van der Waals surface area contributed by atoms with Gasteiger partial charge < -0.3 is 5.32 Å². The zero-order valence-corrected chi connectivity index (χ0v) is 13.7. The highest BCUT2D eigenvalue weighted by Crippen LogP contribution is 2.19. The maximum Gasteiger partial charge on any atom is 0.183 e. The smallest absolute Gasteiger partial charge is 0.183 e. The Morgan fingerprint density at radius 3 is 3.00 bits per heavy atom. The van der Waals surface area contributed by atoms with Crippen molar-refractivity contribution in [3.05, 3.63) is 16.4 Å². The Balaban J connectivity index is 2.10. The quantitative estimate of drug-likeness (QED) is 0.789. The second-order valence-electron chi connectivity index (χ2n) is 4.96. The van der Waals surface area contributed by atoms with Crippen LogP contribution in [0, 0.1) is 0 Å². The first-order valence-electron chi connectivity index (χ1n) is 6.61. The van der Waals surface area contributed by atoms with E-state index in [0.717, 1.165) is 6.42 Å². The second-order valence-corrected chi connectivity index (χ2v) is 8.04. The van der Waals surface area contributed by atoms with Gasteiger partial charge in [-0.2, -0.15) is 5.10 Å². The molecular formula is C12H18BrN3O3S. The van der Waals surface area contributed by atoms with E-state index in [1.54, 1.807) is 10.9 Å². The van der Waals surface area contributed by atoms with Crippen molar-refractivity contribution in [2.75, 3.05) is 18.1 Å². The van der Waals surface area contributed by atoms with Crippen molar-refractivity contribution in [2.45, 2.75) is 32.4 Å². The Labute approximate surface area is 127 Å². The summed E-state index contributed by atoms with van der Waals surface area (Å²) < 4.78 is 25.5. The van der Waals surface area contributed by atoms with Crippen LogP contribution in [0.25, 0.3) is 0 Å². The van der Waals surface area contributed by atoms with Gasteiger partial charge in [-0.15, -0.1) is 0 Å². The van der Waals surface area contributed by atoms with Gasteiger partial charge in [0.05, 0.1) is 22.2 Å². The van der Waals surface area contributed by atoms with Crippen molar-refractivity contribution in [1.82, 2.24) is 15.1 Å². The molecule has 1 aliphatic rings. The molecule has 0 radical (unpaired) electrons. The van der Waals surface area contributed by atoms with Gasteiger partial charge in [0.2, 0.25) is 0 Å². The monoisotopic (exact) mass is 363 g/mol. The summed E-state index contributed by atoms with van der Waals surface area (Å²) in [7, 11) is -3.03. The van der Waals surface area contributed by atoms with E-state index >= 15 is 0 Å². The molecule has 0 spiro atoms. The van der Waals surface area contributed by atoms with Crippen LogP contribution < -0.4 is 5.32 Å². The predicted molar refractivity (Wildman–Crippen MR) is 79.6 cm³/mol. The lowest BCUT2D eigenvalue weighted by Crippen LogP contribution is -2.46. The largest absolute Gasteiger partial charge is 0.312 e. The molecule has 20 heavy (non-hydrogen) atoms. The van der Waals surface area contributed by atoms with Crippen LogP contribution in [-0.2, 0) is 16.4 Å². The van der Waals surface area contributed by atoms with Crippen LogP contribution in [-0.4, -0.2) is 48.1 Å². The lowest BCUT2D eigenvalue weighted by molar-refractivity contribution is 0.0960. The van der Waals surface area contributed by atoms with Crippen molar-refractivity contribution in [2.24, 2.45) is 0 Å². The van der Waals surface area contributed by atoms with Crippen molar-refractivity contribution < 1.29 is 13.2 Å². The number of rotatable bonds is 5. The van der Waals surface area contributed by atoms with Crippen LogP contribution in [0.15, 0.2) is 10.7 Å². The normalized spacial score (nSPS) is 21.8. The Morgan fingerprint density at radius 2 is 2.35 bits per heavy atom. The van der Waals surface area contributed by atoms with Crippen LogP contribution in [0.4, 0.5) is 0 Å². The topological polar surface area (TPSA) is 81.1 Å². The van der Waals surface area contributed by atoms with Crippen LogP contribution >= 0.6 is 15.9 Å². The molecule has 1 N–H and O–H groups in total. The first-order valence-corrected chi connectivity index (χ1v) is 9.22. The fraction of sp³-hybridized carbons (Fsp3) is 0.667.